The van der Waals surface area contributed by atoms with E-state index in [1.807, 2.05) is 12.1 Å². The molecule has 42 heavy (non-hydrogen) atoms. The van der Waals surface area contributed by atoms with Crippen LogP contribution in [0.2, 0.25) is 0 Å². The first-order valence-corrected chi connectivity index (χ1v) is 14.4. The fourth-order valence-electron chi connectivity index (χ4n) is 5.35. The summed E-state index contributed by atoms with van der Waals surface area (Å²) in [5.41, 5.74) is 10.3. The van der Waals surface area contributed by atoms with E-state index in [0.29, 0.717) is 22.5 Å². The molecular weight excluding hydrogens is 516 g/mol. The molecule has 5 aromatic carbocycles. The highest BCUT2D eigenvalue weighted by Gasteiger charge is 2.18. The van der Waals surface area contributed by atoms with Crippen molar-refractivity contribution in [2.24, 2.45) is 0 Å². The summed E-state index contributed by atoms with van der Waals surface area (Å²) in [6.45, 7) is 0. The van der Waals surface area contributed by atoms with Gasteiger partial charge in [0.15, 0.2) is 0 Å². The molecule has 0 saturated heterocycles. The minimum atomic E-state index is 0.668. The van der Waals surface area contributed by atoms with E-state index in [0.717, 1.165) is 48.2 Å². The summed E-state index contributed by atoms with van der Waals surface area (Å²) in [4.78, 5) is 10.3. The maximum Gasteiger partial charge on any atom is 0.147 e. The van der Waals surface area contributed by atoms with E-state index in [4.69, 9.17) is 19.4 Å². The van der Waals surface area contributed by atoms with Crippen molar-refractivity contribution >= 4 is 11.0 Å². The first kappa shape index (κ1) is 27.2. The fourth-order valence-corrected chi connectivity index (χ4v) is 5.35. The Morgan fingerprint density at radius 3 is 1.07 bits per heavy atom. The van der Waals surface area contributed by atoms with Crippen LogP contribution < -0.4 is 9.47 Å². The zero-order chi connectivity index (χ0) is 28.7. The third-order valence-corrected chi connectivity index (χ3v) is 7.73. The van der Waals surface area contributed by atoms with Crippen LogP contribution in [0, 0.1) is 0 Å². The molecule has 1 heterocycles. The van der Waals surface area contributed by atoms with Gasteiger partial charge in [-0.1, -0.05) is 109 Å². The molecule has 0 amide bonds. The van der Waals surface area contributed by atoms with Crippen molar-refractivity contribution in [2.45, 2.75) is 25.7 Å². The maximum absolute atomic E-state index is 5.68. The standard InChI is InChI=1S/C38H34N2O2/c1-41-33-25-26-34(42-2)38-37(33)39-35(31-21-17-29(18-22-31)15-13-27-9-5-3-6-10-27)36(40-38)32-23-19-30(20-24-32)16-14-28-11-7-4-8-12-28/h3-12,17-26H,13-16H2,1-2H3. The zero-order valence-electron chi connectivity index (χ0n) is 24.1. The summed E-state index contributed by atoms with van der Waals surface area (Å²) in [6, 6.07) is 42.4. The molecule has 4 heteroatoms. The van der Waals surface area contributed by atoms with Gasteiger partial charge in [-0.3, -0.25) is 0 Å². The number of methoxy groups -OCH3 is 2. The Balaban J connectivity index is 1.35. The summed E-state index contributed by atoms with van der Waals surface area (Å²) in [5.74, 6) is 1.34. The van der Waals surface area contributed by atoms with Crippen LogP contribution in [0.5, 0.6) is 11.5 Å². The lowest BCUT2D eigenvalue weighted by molar-refractivity contribution is 0.409. The third kappa shape index (κ3) is 6.03. The summed E-state index contributed by atoms with van der Waals surface area (Å²) < 4.78 is 11.4. The van der Waals surface area contributed by atoms with Crippen molar-refractivity contribution in [1.82, 2.24) is 9.97 Å². The van der Waals surface area contributed by atoms with Crippen molar-refractivity contribution in [1.29, 1.82) is 0 Å². The molecule has 0 radical (unpaired) electrons. The van der Waals surface area contributed by atoms with Gasteiger partial charge in [-0.15, -0.1) is 0 Å². The number of ether oxygens (including phenoxy) is 2. The van der Waals surface area contributed by atoms with Crippen LogP contribution in [0.25, 0.3) is 33.5 Å². The molecule has 0 unspecified atom stereocenters. The van der Waals surface area contributed by atoms with E-state index in [2.05, 4.69) is 109 Å². The van der Waals surface area contributed by atoms with Crippen molar-refractivity contribution in [2.75, 3.05) is 14.2 Å². The van der Waals surface area contributed by atoms with E-state index in [1.54, 1.807) is 14.2 Å². The van der Waals surface area contributed by atoms with Gasteiger partial charge >= 0.3 is 0 Å². The summed E-state index contributed by atoms with van der Waals surface area (Å²) in [5, 5.41) is 0. The number of rotatable bonds is 10. The Kier molecular flexibility index (Phi) is 8.23. The molecule has 6 rings (SSSR count). The van der Waals surface area contributed by atoms with Crippen LogP contribution in [0.4, 0.5) is 0 Å². The molecule has 0 fully saturated rings. The van der Waals surface area contributed by atoms with Gasteiger partial charge in [0.1, 0.15) is 22.5 Å². The van der Waals surface area contributed by atoms with Gasteiger partial charge in [0.05, 0.1) is 25.6 Å². The second-order valence-corrected chi connectivity index (χ2v) is 10.5. The van der Waals surface area contributed by atoms with Crippen LogP contribution in [0.3, 0.4) is 0 Å². The zero-order valence-corrected chi connectivity index (χ0v) is 24.1. The third-order valence-electron chi connectivity index (χ3n) is 7.73. The second-order valence-electron chi connectivity index (χ2n) is 10.5. The highest BCUT2D eigenvalue weighted by atomic mass is 16.5. The molecule has 4 nitrogen and oxygen atoms in total. The number of hydrogen-bond acceptors (Lipinski definition) is 4. The molecule has 0 aliphatic rings. The molecule has 1 aromatic heterocycles. The Labute approximate surface area is 247 Å². The number of hydrogen-bond donors (Lipinski definition) is 0. The van der Waals surface area contributed by atoms with E-state index < -0.39 is 0 Å². The van der Waals surface area contributed by atoms with E-state index in [9.17, 15) is 0 Å². The number of benzene rings is 5. The van der Waals surface area contributed by atoms with Gasteiger partial charge in [0, 0.05) is 11.1 Å². The SMILES string of the molecule is COc1ccc(OC)c2nc(-c3ccc(CCc4ccccc4)cc3)c(-c3ccc(CCc4ccccc4)cc3)nc12. The lowest BCUT2D eigenvalue weighted by Crippen LogP contribution is -2.00. The average molecular weight is 551 g/mol. The quantitative estimate of drug-likeness (QED) is 0.171. The molecule has 0 bridgehead atoms. The molecule has 0 aliphatic heterocycles. The predicted octanol–water partition coefficient (Wildman–Crippen LogP) is 8.55. The predicted molar refractivity (Wildman–Crippen MR) is 171 cm³/mol. The molecule has 0 saturated carbocycles. The van der Waals surface area contributed by atoms with Crippen LogP contribution in [-0.2, 0) is 25.7 Å². The van der Waals surface area contributed by atoms with Crippen molar-refractivity contribution in [3.63, 3.8) is 0 Å². The fraction of sp³-hybridized carbons (Fsp3) is 0.158. The minimum Gasteiger partial charge on any atom is -0.494 e. The van der Waals surface area contributed by atoms with E-state index in [-0.39, 0.29) is 0 Å². The van der Waals surface area contributed by atoms with Crippen LogP contribution in [-0.4, -0.2) is 24.2 Å². The largest absolute Gasteiger partial charge is 0.494 e. The molecular formula is C38H34N2O2. The van der Waals surface area contributed by atoms with Gasteiger partial charge in [-0.05, 0) is 60.1 Å². The van der Waals surface area contributed by atoms with Gasteiger partial charge in [0.25, 0.3) is 0 Å². The summed E-state index contributed by atoms with van der Waals surface area (Å²) in [7, 11) is 3.32. The van der Waals surface area contributed by atoms with Gasteiger partial charge in [0.2, 0.25) is 0 Å². The molecule has 0 atom stereocenters. The van der Waals surface area contributed by atoms with E-state index in [1.165, 1.54) is 22.3 Å². The Hall–Kier alpha value is -4.96. The normalized spacial score (nSPS) is 11.0. The molecule has 208 valence electrons. The molecule has 0 N–H and O–H groups in total. The van der Waals surface area contributed by atoms with E-state index >= 15 is 0 Å². The van der Waals surface area contributed by atoms with Crippen molar-refractivity contribution in [3.05, 3.63) is 144 Å². The van der Waals surface area contributed by atoms with Gasteiger partial charge < -0.3 is 9.47 Å². The number of aryl methyl sites for hydroxylation is 4. The second kappa shape index (κ2) is 12.7. The maximum atomic E-state index is 5.68. The first-order valence-electron chi connectivity index (χ1n) is 14.4. The lowest BCUT2D eigenvalue weighted by atomic mass is 9.98. The first-order chi connectivity index (χ1) is 20.7. The monoisotopic (exact) mass is 550 g/mol. The number of nitrogens with zero attached hydrogens (tertiary/aromatic N) is 2. The average Bonchev–Trinajstić information content (AvgIpc) is 3.06. The number of aromatic nitrogens is 2. The molecule has 0 aliphatic carbocycles. The van der Waals surface area contributed by atoms with Gasteiger partial charge in [-0.25, -0.2) is 9.97 Å². The van der Waals surface area contributed by atoms with Crippen LogP contribution in [0.1, 0.15) is 22.3 Å². The van der Waals surface area contributed by atoms with Crippen LogP contribution in [0.15, 0.2) is 121 Å². The molecule has 0 spiro atoms. The summed E-state index contributed by atoms with van der Waals surface area (Å²) in [6.07, 6.45) is 3.98. The van der Waals surface area contributed by atoms with Crippen molar-refractivity contribution < 1.29 is 9.47 Å². The smallest absolute Gasteiger partial charge is 0.147 e. The minimum absolute atomic E-state index is 0.668. The lowest BCUT2D eigenvalue weighted by Gasteiger charge is -2.15. The Morgan fingerprint density at radius 2 is 0.738 bits per heavy atom. The highest BCUT2D eigenvalue weighted by molar-refractivity contribution is 5.92. The summed E-state index contributed by atoms with van der Waals surface area (Å²) >= 11 is 0. The van der Waals surface area contributed by atoms with Crippen LogP contribution >= 0.6 is 0 Å². The highest BCUT2D eigenvalue weighted by Crippen LogP contribution is 2.37. The topological polar surface area (TPSA) is 44.2 Å². The number of fused-ring (bicyclic) bond motifs is 1. The van der Waals surface area contributed by atoms with Gasteiger partial charge in [-0.2, -0.15) is 0 Å². The van der Waals surface area contributed by atoms with Crippen molar-refractivity contribution in [3.8, 4) is 34.0 Å². The Bertz CT molecular complexity index is 1630. The molecule has 6 aromatic rings. The Morgan fingerprint density at radius 1 is 0.405 bits per heavy atom.